The van der Waals surface area contributed by atoms with Gasteiger partial charge in [0.05, 0.1) is 6.10 Å². The largest absolute Gasteiger partial charge is 0.367 e. The number of nitrogens with one attached hydrogen (secondary N) is 1. The van der Waals surface area contributed by atoms with E-state index >= 15 is 0 Å². The summed E-state index contributed by atoms with van der Waals surface area (Å²) < 4.78 is 14.2. The van der Waals surface area contributed by atoms with Gasteiger partial charge in [-0.2, -0.15) is 0 Å². The van der Waals surface area contributed by atoms with Gasteiger partial charge in [0, 0.05) is 17.7 Å². The van der Waals surface area contributed by atoms with Crippen LogP contribution < -0.4 is 11.2 Å². The van der Waals surface area contributed by atoms with Gasteiger partial charge in [-0.15, -0.1) is 0 Å². The zero-order chi connectivity index (χ0) is 15.6. The van der Waals surface area contributed by atoms with Crippen molar-refractivity contribution in [3.05, 3.63) is 32.6 Å². The van der Waals surface area contributed by atoms with Crippen LogP contribution in [0, 0.1) is 18.8 Å². The summed E-state index contributed by atoms with van der Waals surface area (Å²) in [5.74, 6) is 0.660. The second-order valence-electron chi connectivity index (χ2n) is 7.05. The van der Waals surface area contributed by atoms with Crippen LogP contribution in [0.5, 0.6) is 0 Å². The van der Waals surface area contributed by atoms with Crippen LogP contribution in [-0.4, -0.2) is 27.4 Å². The summed E-state index contributed by atoms with van der Waals surface area (Å²) in [4.78, 5) is 26.1. The number of rotatable bonds is 1. The third-order valence-corrected chi connectivity index (χ3v) is 5.93. The summed E-state index contributed by atoms with van der Waals surface area (Å²) >= 11 is 0. The molecule has 1 spiro atoms. The van der Waals surface area contributed by atoms with Crippen LogP contribution in [0.4, 0.5) is 0 Å². The monoisotopic (exact) mass is 306 g/mol. The molecule has 1 unspecified atom stereocenters. The summed E-state index contributed by atoms with van der Waals surface area (Å²) in [6.45, 7) is 6.07. The second-order valence-corrected chi connectivity index (χ2v) is 7.05. The molecule has 3 heterocycles. The molecule has 2 saturated heterocycles. The fraction of sp³-hybridized carbons (Fsp3) is 0.750. The lowest BCUT2D eigenvalue weighted by Crippen LogP contribution is -2.53. The molecule has 22 heavy (non-hydrogen) atoms. The van der Waals surface area contributed by atoms with Crippen LogP contribution in [0.25, 0.3) is 0 Å². The summed E-state index contributed by atoms with van der Waals surface area (Å²) in [6.07, 6.45) is 4.46. The van der Waals surface area contributed by atoms with Gasteiger partial charge in [0.15, 0.2) is 6.23 Å². The third kappa shape index (κ3) is 1.62. The minimum absolute atomic E-state index is 0.131. The maximum absolute atomic E-state index is 12.2. The quantitative estimate of drug-likeness (QED) is 0.849. The second kappa shape index (κ2) is 4.55. The molecule has 0 aromatic carbocycles. The van der Waals surface area contributed by atoms with Crippen molar-refractivity contribution < 1.29 is 9.47 Å². The molecule has 4 rings (SSSR count). The number of aromatic amines is 1. The Labute approximate surface area is 128 Å². The molecule has 1 saturated carbocycles. The molecule has 6 nitrogen and oxygen atoms in total. The lowest BCUT2D eigenvalue weighted by atomic mass is 9.69. The standard InChI is InChI=1S/C16H22N2O4/c1-8-7-18(15(20)17-13(8)19)14-12-10(3)16(22-14)9(2)5-4-6-11(16)21-12/h7,9-12,14H,4-6H2,1-3H3,(H,17,19,20)/t9-,10-,11-,12+,14-,16?/m1/s1. The van der Waals surface area contributed by atoms with Gasteiger partial charge in [-0.05, 0) is 25.7 Å². The van der Waals surface area contributed by atoms with E-state index in [0.717, 1.165) is 12.8 Å². The number of aryl methyl sites for hydroxylation is 1. The lowest BCUT2D eigenvalue weighted by Gasteiger charge is -2.45. The molecule has 1 N–H and O–H groups in total. The van der Waals surface area contributed by atoms with Gasteiger partial charge in [-0.25, -0.2) is 4.79 Å². The van der Waals surface area contributed by atoms with Gasteiger partial charge in [-0.3, -0.25) is 14.3 Å². The molecule has 6 heteroatoms. The van der Waals surface area contributed by atoms with Crippen molar-refractivity contribution in [1.82, 2.24) is 9.55 Å². The van der Waals surface area contributed by atoms with Crippen LogP contribution in [0.3, 0.4) is 0 Å². The van der Waals surface area contributed by atoms with Crippen LogP contribution in [0.2, 0.25) is 0 Å². The minimum atomic E-state index is -0.449. The van der Waals surface area contributed by atoms with E-state index in [1.165, 1.54) is 11.0 Å². The molecule has 2 aliphatic heterocycles. The van der Waals surface area contributed by atoms with Gasteiger partial charge in [0.2, 0.25) is 0 Å². The average Bonchev–Trinajstić information content (AvgIpc) is 2.92. The Morgan fingerprint density at radius 1 is 1.32 bits per heavy atom. The first-order valence-electron chi connectivity index (χ1n) is 8.10. The highest BCUT2D eigenvalue weighted by atomic mass is 16.6. The normalized spacial score (nSPS) is 43.3. The molecule has 120 valence electrons. The fourth-order valence-corrected chi connectivity index (χ4v) is 4.74. The van der Waals surface area contributed by atoms with Crippen LogP contribution in [0.15, 0.2) is 15.8 Å². The van der Waals surface area contributed by atoms with Gasteiger partial charge in [-0.1, -0.05) is 20.3 Å². The molecule has 1 aromatic rings. The zero-order valence-electron chi connectivity index (χ0n) is 13.2. The maximum atomic E-state index is 12.2. The van der Waals surface area contributed by atoms with Gasteiger partial charge >= 0.3 is 5.69 Å². The van der Waals surface area contributed by atoms with Crippen molar-refractivity contribution in [2.24, 2.45) is 11.8 Å². The number of ether oxygens (including phenoxy) is 2. The lowest BCUT2D eigenvalue weighted by molar-refractivity contribution is -0.238. The summed E-state index contributed by atoms with van der Waals surface area (Å²) in [5.41, 5.74) is -0.568. The van der Waals surface area contributed by atoms with E-state index in [2.05, 4.69) is 18.8 Å². The molecule has 0 amide bonds. The van der Waals surface area contributed by atoms with Crippen molar-refractivity contribution >= 4 is 0 Å². The highest BCUT2D eigenvalue weighted by molar-refractivity contribution is 5.14. The first-order valence-corrected chi connectivity index (χ1v) is 8.10. The molecular formula is C16H22N2O4. The van der Waals surface area contributed by atoms with Crippen LogP contribution >= 0.6 is 0 Å². The number of nitrogens with zero attached hydrogens (tertiary/aromatic N) is 1. The Morgan fingerprint density at radius 3 is 2.86 bits per heavy atom. The smallest absolute Gasteiger partial charge is 0.330 e. The Balaban J connectivity index is 1.77. The minimum Gasteiger partial charge on any atom is -0.367 e. The molecule has 6 atom stereocenters. The zero-order valence-corrected chi connectivity index (χ0v) is 13.2. The Bertz CT molecular complexity index is 724. The van der Waals surface area contributed by atoms with Crippen molar-refractivity contribution in [2.75, 3.05) is 0 Å². The Morgan fingerprint density at radius 2 is 2.09 bits per heavy atom. The number of H-pyrrole nitrogens is 1. The first-order chi connectivity index (χ1) is 10.4. The molecular weight excluding hydrogens is 284 g/mol. The van der Waals surface area contributed by atoms with E-state index in [1.54, 1.807) is 13.1 Å². The topological polar surface area (TPSA) is 73.3 Å². The van der Waals surface area contributed by atoms with E-state index in [4.69, 9.17) is 9.47 Å². The molecule has 1 aliphatic carbocycles. The summed E-state index contributed by atoms with van der Waals surface area (Å²) in [7, 11) is 0. The molecule has 3 fully saturated rings. The predicted octanol–water partition coefficient (Wildman–Crippen LogP) is 1.34. The highest BCUT2D eigenvalue weighted by Crippen LogP contribution is 2.59. The van der Waals surface area contributed by atoms with Gasteiger partial charge in [0.25, 0.3) is 5.56 Å². The van der Waals surface area contributed by atoms with E-state index < -0.39 is 11.9 Å². The van der Waals surface area contributed by atoms with E-state index in [1.807, 2.05) is 0 Å². The number of hydrogen-bond donors (Lipinski definition) is 1. The average molecular weight is 306 g/mol. The Kier molecular flexibility index (Phi) is 2.94. The number of aromatic nitrogens is 2. The van der Waals surface area contributed by atoms with Crippen molar-refractivity contribution in [2.45, 2.75) is 64.1 Å². The van der Waals surface area contributed by atoms with E-state index in [-0.39, 0.29) is 29.3 Å². The summed E-state index contributed by atoms with van der Waals surface area (Å²) in [5, 5.41) is 0. The molecule has 3 aliphatic rings. The predicted molar refractivity (Wildman–Crippen MR) is 79.8 cm³/mol. The number of fused-ring (bicyclic) bond motifs is 1. The van der Waals surface area contributed by atoms with Crippen LogP contribution in [0.1, 0.15) is 44.9 Å². The van der Waals surface area contributed by atoms with Crippen molar-refractivity contribution in [1.29, 1.82) is 0 Å². The molecule has 0 radical (unpaired) electrons. The van der Waals surface area contributed by atoms with Gasteiger partial charge < -0.3 is 9.47 Å². The number of hydrogen-bond acceptors (Lipinski definition) is 4. The third-order valence-electron chi connectivity index (χ3n) is 5.93. The Hall–Kier alpha value is -1.40. The maximum Gasteiger partial charge on any atom is 0.330 e. The first kappa shape index (κ1) is 14.2. The van der Waals surface area contributed by atoms with Crippen molar-refractivity contribution in [3.63, 3.8) is 0 Å². The summed E-state index contributed by atoms with van der Waals surface area (Å²) in [6, 6.07) is 0. The van der Waals surface area contributed by atoms with E-state index in [0.29, 0.717) is 11.5 Å². The SMILES string of the molecule is Cc1cn([C@@H]2OC34[C@H](C)CCC[C@H]3O[C@H]2[C@H]4C)c(=O)[nH]c1=O. The highest BCUT2D eigenvalue weighted by Gasteiger charge is 2.67. The van der Waals surface area contributed by atoms with E-state index in [9.17, 15) is 9.59 Å². The molecule has 1 aromatic heterocycles. The van der Waals surface area contributed by atoms with Gasteiger partial charge in [0.1, 0.15) is 11.7 Å². The van der Waals surface area contributed by atoms with Crippen LogP contribution in [-0.2, 0) is 9.47 Å². The molecule has 2 bridgehead atoms. The fourth-order valence-electron chi connectivity index (χ4n) is 4.74. The van der Waals surface area contributed by atoms with Crippen molar-refractivity contribution in [3.8, 4) is 0 Å².